The maximum Gasteiger partial charge on any atom is 0.289 e. The zero-order valence-electron chi connectivity index (χ0n) is 13.4. The molecule has 0 unspecified atom stereocenters. The van der Waals surface area contributed by atoms with Gasteiger partial charge in [-0.25, -0.2) is 5.43 Å². The minimum absolute atomic E-state index is 0.290. The summed E-state index contributed by atoms with van der Waals surface area (Å²) in [5, 5.41) is 11.3. The average molecular weight is 355 g/mol. The number of hydrogen-bond acceptors (Lipinski definition) is 4. The van der Waals surface area contributed by atoms with Crippen molar-refractivity contribution in [2.75, 3.05) is 7.11 Å². The van der Waals surface area contributed by atoms with Crippen molar-refractivity contribution in [3.05, 3.63) is 70.9 Å². The Morgan fingerprint density at radius 2 is 2.08 bits per heavy atom. The summed E-state index contributed by atoms with van der Waals surface area (Å²) >= 11 is 6.14. The monoisotopic (exact) mass is 354 g/mol. The summed E-state index contributed by atoms with van der Waals surface area (Å²) < 4.78 is 5.13. The topological polar surface area (TPSA) is 79.4 Å². The first kappa shape index (κ1) is 16.7. The van der Waals surface area contributed by atoms with Crippen LogP contribution in [0.15, 0.2) is 59.7 Å². The molecule has 0 saturated carbocycles. The average Bonchev–Trinajstić information content (AvgIpc) is 3.12. The van der Waals surface area contributed by atoms with Crippen LogP contribution < -0.4 is 10.2 Å². The van der Waals surface area contributed by atoms with E-state index in [0.717, 1.165) is 11.1 Å². The summed E-state index contributed by atoms with van der Waals surface area (Å²) in [7, 11) is 1.59. The zero-order valence-corrected chi connectivity index (χ0v) is 14.1. The van der Waals surface area contributed by atoms with Gasteiger partial charge in [-0.2, -0.15) is 10.2 Å². The Hall–Kier alpha value is -3.12. The van der Waals surface area contributed by atoms with Gasteiger partial charge in [0.15, 0.2) is 0 Å². The number of methoxy groups -OCH3 is 1. The molecule has 0 spiro atoms. The van der Waals surface area contributed by atoms with Crippen molar-refractivity contribution in [1.29, 1.82) is 0 Å². The van der Waals surface area contributed by atoms with Crippen molar-refractivity contribution < 1.29 is 9.53 Å². The van der Waals surface area contributed by atoms with Gasteiger partial charge in [-0.15, -0.1) is 0 Å². The molecule has 25 heavy (non-hydrogen) atoms. The quantitative estimate of drug-likeness (QED) is 0.543. The van der Waals surface area contributed by atoms with Crippen molar-refractivity contribution in [1.82, 2.24) is 15.6 Å². The van der Waals surface area contributed by atoms with E-state index < -0.39 is 5.91 Å². The highest BCUT2D eigenvalue weighted by atomic mass is 35.5. The van der Waals surface area contributed by atoms with Gasteiger partial charge in [0.2, 0.25) is 0 Å². The summed E-state index contributed by atoms with van der Waals surface area (Å²) in [6, 6.07) is 16.2. The van der Waals surface area contributed by atoms with Crippen LogP contribution in [0.25, 0.3) is 11.3 Å². The Balaban J connectivity index is 1.68. The second kappa shape index (κ2) is 7.63. The highest BCUT2D eigenvalue weighted by molar-refractivity contribution is 6.33. The molecule has 0 aliphatic carbocycles. The van der Waals surface area contributed by atoms with Crippen LogP contribution in [-0.4, -0.2) is 29.4 Å². The molecular weight excluding hydrogens is 340 g/mol. The van der Waals surface area contributed by atoms with Crippen molar-refractivity contribution in [3.8, 4) is 17.0 Å². The largest absolute Gasteiger partial charge is 0.497 e. The van der Waals surface area contributed by atoms with Gasteiger partial charge >= 0.3 is 0 Å². The van der Waals surface area contributed by atoms with Crippen LogP contribution in [0.4, 0.5) is 0 Å². The third kappa shape index (κ3) is 4.05. The van der Waals surface area contributed by atoms with Crippen LogP contribution in [0.3, 0.4) is 0 Å². The first-order valence-corrected chi connectivity index (χ1v) is 7.83. The molecule has 0 bridgehead atoms. The van der Waals surface area contributed by atoms with Crippen LogP contribution in [0, 0.1) is 0 Å². The summed E-state index contributed by atoms with van der Waals surface area (Å²) in [6.45, 7) is 0. The number of carbonyl (C=O) groups excluding carboxylic acids is 1. The minimum Gasteiger partial charge on any atom is -0.497 e. The fourth-order valence-corrected chi connectivity index (χ4v) is 2.42. The molecule has 1 heterocycles. The van der Waals surface area contributed by atoms with Crippen LogP contribution >= 0.6 is 11.6 Å². The summed E-state index contributed by atoms with van der Waals surface area (Å²) in [5.74, 6) is 0.318. The van der Waals surface area contributed by atoms with Gasteiger partial charge in [-0.1, -0.05) is 41.9 Å². The number of halogens is 1. The third-order valence-electron chi connectivity index (χ3n) is 3.45. The van der Waals surface area contributed by atoms with E-state index >= 15 is 0 Å². The molecule has 1 aromatic heterocycles. The number of nitrogens with zero attached hydrogens (tertiary/aromatic N) is 2. The number of rotatable bonds is 5. The lowest BCUT2D eigenvalue weighted by Gasteiger charge is -2.00. The van der Waals surface area contributed by atoms with E-state index in [1.165, 1.54) is 6.21 Å². The van der Waals surface area contributed by atoms with Crippen LogP contribution in [0.2, 0.25) is 5.02 Å². The SMILES string of the molecule is COc1cccc(/C=N\NC(=O)c2cc(-c3ccccc3Cl)n[nH]2)c1. The van der Waals surface area contributed by atoms with Crippen LogP contribution in [0.1, 0.15) is 16.1 Å². The molecule has 3 rings (SSSR count). The maximum absolute atomic E-state index is 12.1. The molecular formula is C18H15ClN4O2. The smallest absolute Gasteiger partial charge is 0.289 e. The number of nitrogens with one attached hydrogen (secondary N) is 2. The third-order valence-corrected chi connectivity index (χ3v) is 3.78. The number of benzene rings is 2. The van der Waals surface area contributed by atoms with Crippen molar-refractivity contribution in [2.24, 2.45) is 5.10 Å². The van der Waals surface area contributed by atoms with E-state index in [9.17, 15) is 4.79 Å². The normalized spacial score (nSPS) is 10.8. The Morgan fingerprint density at radius 1 is 1.24 bits per heavy atom. The lowest BCUT2D eigenvalue weighted by Crippen LogP contribution is -2.18. The lowest BCUT2D eigenvalue weighted by atomic mass is 10.1. The number of ether oxygens (including phenoxy) is 1. The van der Waals surface area contributed by atoms with Gasteiger partial charge in [0.1, 0.15) is 11.4 Å². The van der Waals surface area contributed by atoms with E-state index in [0.29, 0.717) is 16.5 Å². The molecule has 0 aliphatic heterocycles. The highest BCUT2D eigenvalue weighted by Gasteiger charge is 2.12. The second-order valence-electron chi connectivity index (χ2n) is 5.12. The molecule has 0 fully saturated rings. The molecule has 3 aromatic rings. The fourth-order valence-electron chi connectivity index (χ4n) is 2.19. The molecule has 0 saturated heterocycles. The standard InChI is InChI=1S/C18H15ClN4O2/c1-25-13-6-4-5-12(9-13)11-20-23-18(24)17-10-16(21-22-17)14-7-2-3-8-15(14)19/h2-11H,1H3,(H,21,22)(H,23,24)/b20-11-. The lowest BCUT2D eigenvalue weighted by molar-refractivity contribution is 0.0950. The van der Waals surface area contributed by atoms with E-state index in [4.69, 9.17) is 16.3 Å². The van der Waals surface area contributed by atoms with Gasteiger partial charge in [-0.3, -0.25) is 9.89 Å². The number of H-pyrrole nitrogens is 1. The summed E-state index contributed by atoms with van der Waals surface area (Å²) in [4.78, 5) is 12.1. The predicted octanol–water partition coefficient (Wildman–Crippen LogP) is 3.50. The number of amides is 1. The van der Waals surface area contributed by atoms with Gasteiger partial charge in [-0.05, 0) is 29.8 Å². The Bertz CT molecular complexity index is 921. The molecule has 0 radical (unpaired) electrons. The van der Waals surface area contributed by atoms with E-state index in [1.807, 2.05) is 36.4 Å². The van der Waals surface area contributed by atoms with E-state index in [-0.39, 0.29) is 5.69 Å². The first-order chi connectivity index (χ1) is 12.2. The molecule has 0 aliphatic rings. The van der Waals surface area contributed by atoms with Gasteiger partial charge in [0.25, 0.3) is 5.91 Å². The van der Waals surface area contributed by atoms with Crippen molar-refractivity contribution in [3.63, 3.8) is 0 Å². The van der Waals surface area contributed by atoms with E-state index in [1.54, 1.807) is 25.3 Å². The minimum atomic E-state index is -0.398. The molecule has 2 aromatic carbocycles. The number of aromatic amines is 1. The maximum atomic E-state index is 12.1. The van der Waals surface area contributed by atoms with E-state index in [2.05, 4.69) is 20.7 Å². The fraction of sp³-hybridized carbons (Fsp3) is 0.0556. The molecule has 7 heteroatoms. The molecule has 6 nitrogen and oxygen atoms in total. The van der Waals surface area contributed by atoms with Gasteiger partial charge < -0.3 is 4.74 Å². The summed E-state index contributed by atoms with van der Waals surface area (Å²) in [6.07, 6.45) is 1.53. The van der Waals surface area contributed by atoms with Crippen molar-refractivity contribution >= 4 is 23.7 Å². The predicted molar refractivity (Wildman–Crippen MR) is 97.1 cm³/mol. The number of hydrogen-bond donors (Lipinski definition) is 2. The Kier molecular flexibility index (Phi) is 5.11. The van der Waals surface area contributed by atoms with Gasteiger partial charge in [0.05, 0.1) is 24.0 Å². The second-order valence-corrected chi connectivity index (χ2v) is 5.53. The van der Waals surface area contributed by atoms with Crippen molar-refractivity contribution in [2.45, 2.75) is 0 Å². The zero-order chi connectivity index (χ0) is 17.6. The first-order valence-electron chi connectivity index (χ1n) is 7.45. The molecule has 1 amide bonds. The number of carbonyl (C=O) groups is 1. The van der Waals surface area contributed by atoms with Crippen LogP contribution in [0.5, 0.6) is 5.75 Å². The Morgan fingerprint density at radius 3 is 2.88 bits per heavy atom. The number of aromatic nitrogens is 2. The Labute approximate surface area is 149 Å². The molecule has 2 N–H and O–H groups in total. The summed E-state index contributed by atoms with van der Waals surface area (Å²) in [5.41, 5.74) is 4.89. The molecule has 126 valence electrons. The molecule has 0 atom stereocenters. The van der Waals surface area contributed by atoms with Gasteiger partial charge in [0, 0.05) is 5.56 Å². The number of hydrazone groups is 1. The van der Waals surface area contributed by atoms with Crippen LogP contribution in [-0.2, 0) is 0 Å². The highest BCUT2D eigenvalue weighted by Crippen LogP contribution is 2.26.